The zero-order valence-electron chi connectivity index (χ0n) is 14.0. The molecule has 1 unspecified atom stereocenters. The van der Waals surface area contributed by atoms with Gasteiger partial charge in [0.15, 0.2) is 0 Å². The number of halogens is 2. The number of benzene rings is 2. The van der Waals surface area contributed by atoms with Gasteiger partial charge >= 0.3 is 0 Å². The van der Waals surface area contributed by atoms with Crippen LogP contribution >= 0.6 is 23.2 Å². The molecule has 0 amide bonds. The molecule has 3 heteroatoms. The minimum absolute atomic E-state index is 0.539. The second-order valence-electron chi connectivity index (χ2n) is 5.70. The van der Waals surface area contributed by atoms with Crippen molar-refractivity contribution in [2.75, 3.05) is 6.61 Å². The van der Waals surface area contributed by atoms with Crippen LogP contribution in [0, 0.1) is 0 Å². The highest BCUT2D eigenvalue weighted by Crippen LogP contribution is 2.38. The standard InChI is InChI=1S/C20H24Cl2O/c1-4-7-14(5-2)17-10-9-16(21)13-18(17)15-8-11-20(23-6-3)19(22)12-15/h8-14H,4-7H2,1-3H3. The Labute approximate surface area is 149 Å². The zero-order chi connectivity index (χ0) is 16.8. The molecule has 0 aliphatic rings. The summed E-state index contributed by atoms with van der Waals surface area (Å²) in [6, 6.07) is 12.2. The molecule has 0 saturated carbocycles. The van der Waals surface area contributed by atoms with Gasteiger partial charge in [0.1, 0.15) is 5.75 Å². The lowest BCUT2D eigenvalue weighted by atomic mass is 9.86. The number of ether oxygens (including phenoxy) is 1. The van der Waals surface area contributed by atoms with Crippen molar-refractivity contribution in [1.29, 1.82) is 0 Å². The molecule has 23 heavy (non-hydrogen) atoms. The van der Waals surface area contributed by atoms with Crippen LogP contribution in [-0.4, -0.2) is 6.61 Å². The van der Waals surface area contributed by atoms with Crippen LogP contribution in [0.25, 0.3) is 11.1 Å². The first kappa shape index (κ1) is 18.2. The summed E-state index contributed by atoms with van der Waals surface area (Å²) in [5.41, 5.74) is 3.60. The molecule has 0 N–H and O–H groups in total. The maximum atomic E-state index is 6.37. The third-order valence-electron chi connectivity index (χ3n) is 4.13. The van der Waals surface area contributed by atoms with Gasteiger partial charge < -0.3 is 4.74 Å². The predicted octanol–water partition coefficient (Wildman–Crippen LogP) is 7.35. The molecule has 0 radical (unpaired) electrons. The van der Waals surface area contributed by atoms with Crippen LogP contribution in [0.5, 0.6) is 5.75 Å². The van der Waals surface area contributed by atoms with Crippen molar-refractivity contribution in [2.24, 2.45) is 0 Å². The van der Waals surface area contributed by atoms with E-state index >= 15 is 0 Å². The quantitative estimate of drug-likeness (QED) is 0.506. The van der Waals surface area contributed by atoms with Crippen molar-refractivity contribution in [3.8, 4) is 16.9 Å². The zero-order valence-corrected chi connectivity index (χ0v) is 15.5. The fourth-order valence-corrected chi connectivity index (χ4v) is 3.41. The van der Waals surface area contributed by atoms with Gasteiger partial charge in [0.2, 0.25) is 0 Å². The Morgan fingerprint density at radius 3 is 2.39 bits per heavy atom. The normalized spacial score (nSPS) is 12.2. The molecule has 0 fully saturated rings. The molecule has 2 rings (SSSR count). The molecule has 0 heterocycles. The molecule has 2 aromatic carbocycles. The maximum absolute atomic E-state index is 6.37. The molecule has 0 aromatic heterocycles. The lowest BCUT2D eigenvalue weighted by Gasteiger charge is -2.20. The van der Waals surface area contributed by atoms with Gasteiger partial charge in [-0.15, -0.1) is 0 Å². The monoisotopic (exact) mass is 350 g/mol. The summed E-state index contributed by atoms with van der Waals surface area (Å²) in [6.45, 7) is 7.03. The summed E-state index contributed by atoms with van der Waals surface area (Å²) in [4.78, 5) is 0. The molecule has 2 aromatic rings. The molecule has 124 valence electrons. The van der Waals surface area contributed by atoms with Crippen LogP contribution in [0.3, 0.4) is 0 Å². The van der Waals surface area contributed by atoms with Gasteiger partial charge in [-0.25, -0.2) is 0 Å². The summed E-state index contributed by atoms with van der Waals surface area (Å²) in [5.74, 6) is 1.26. The minimum Gasteiger partial charge on any atom is -0.492 e. The van der Waals surface area contributed by atoms with E-state index in [9.17, 15) is 0 Å². The van der Waals surface area contributed by atoms with Gasteiger partial charge in [0.25, 0.3) is 0 Å². The molecule has 1 atom stereocenters. The van der Waals surface area contributed by atoms with Crippen LogP contribution in [-0.2, 0) is 0 Å². The van der Waals surface area contributed by atoms with E-state index in [1.807, 2.05) is 31.2 Å². The number of hydrogen-bond donors (Lipinski definition) is 0. The lowest BCUT2D eigenvalue weighted by Crippen LogP contribution is -2.00. The highest BCUT2D eigenvalue weighted by Gasteiger charge is 2.15. The Kier molecular flexibility index (Phi) is 6.80. The van der Waals surface area contributed by atoms with E-state index in [4.69, 9.17) is 27.9 Å². The first-order chi connectivity index (χ1) is 11.1. The van der Waals surface area contributed by atoms with Gasteiger partial charge in [-0.2, -0.15) is 0 Å². The van der Waals surface area contributed by atoms with E-state index in [0.29, 0.717) is 17.5 Å². The van der Waals surface area contributed by atoms with E-state index in [0.717, 1.165) is 22.8 Å². The Balaban J connectivity index is 2.49. The largest absolute Gasteiger partial charge is 0.492 e. The lowest BCUT2D eigenvalue weighted by molar-refractivity contribution is 0.340. The van der Waals surface area contributed by atoms with E-state index < -0.39 is 0 Å². The van der Waals surface area contributed by atoms with Crippen LogP contribution in [0.15, 0.2) is 36.4 Å². The second kappa shape index (κ2) is 8.61. The Morgan fingerprint density at radius 2 is 1.78 bits per heavy atom. The van der Waals surface area contributed by atoms with E-state index in [1.165, 1.54) is 24.0 Å². The first-order valence-corrected chi connectivity index (χ1v) is 9.08. The first-order valence-electron chi connectivity index (χ1n) is 8.32. The van der Waals surface area contributed by atoms with E-state index in [-0.39, 0.29) is 0 Å². The Bertz CT molecular complexity index is 652. The van der Waals surface area contributed by atoms with E-state index in [2.05, 4.69) is 26.0 Å². The molecule has 0 bridgehead atoms. The Morgan fingerprint density at radius 1 is 1.00 bits per heavy atom. The smallest absolute Gasteiger partial charge is 0.137 e. The van der Waals surface area contributed by atoms with Crippen molar-refractivity contribution < 1.29 is 4.74 Å². The minimum atomic E-state index is 0.539. The summed E-state index contributed by atoms with van der Waals surface area (Å²) in [5, 5.41) is 1.39. The maximum Gasteiger partial charge on any atom is 0.137 e. The topological polar surface area (TPSA) is 9.23 Å². The number of rotatable bonds is 7. The Hall–Kier alpha value is -1.18. The summed E-state index contributed by atoms with van der Waals surface area (Å²) in [7, 11) is 0. The van der Waals surface area contributed by atoms with Gasteiger partial charge in [-0.05, 0) is 66.6 Å². The molecule has 1 nitrogen and oxygen atoms in total. The van der Waals surface area contributed by atoms with Crippen molar-refractivity contribution in [2.45, 2.75) is 46.0 Å². The third kappa shape index (κ3) is 4.43. The molecule has 0 spiro atoms. The summed E-state index contributed by atoms with van der Waals surface area (Å²) < 4.78 is 5.53. The average Bonchev–Trinajstić information content (AvgIpc) is 2.55. The molecule has 0 saturated heterocycles. The van der Waals surface area contributed by atoms with Crippen molar-refractivity contribution >= 4 is 23.2 Å². The summed E-state index contributed by atoms with van der Waals surface area (Å²) in [6.07, 6.45) is 3.47. The third-order valence-corrected chi connectivity index (χ3v) is 4.66. The van der Waals surface area contributed by atoms with Crippen molar-refractivity contribution in [3.05, 3.63) is 52.0 Å². The van der Waals surface area contributed by atoms with Gasteiger partial charge in [0, 0.05) is 5.02 Å². The van der Waals surface area contributed by atoms with Crippen molar-refractivity contribution in [1.82, 2.24) is 0 Å². The SMILES string of the molecule is CCCC(CC)c1ccc(Cl)cc1-c1ccc(OCC)c(Cl)c1. The van der Waals surface area contributed by atoms with Crippen LogP contribution in [0.4, 0.5) is 0 Å². The average molecular weight is 351 g/mol. The highest BCUT2D eigenvalue weighted by atomic mass is 35.5. The van der Waals surface area contributed by atoms with Crippen LogP contribution in [0.2, 0.25) is 10.0 Å². The molecule has 0 aliphatic carbocycles. The van der Waals surface area contributed by atoms with Crippen molar-refractivity contribution in [3.63, 3.8) is 0 Å². The summed E-state index contributed by atoms with van der Waals surface area (Å²) >= 11 is 12.6. The molecular weight excluding hydrogens is 327 g/mol. The fourth-order valence-electron chi connectivity index (χ4n) is 3.00. The fraction of sp³-hybridized carbons (Fsp3) is 0.400. The van der Waals surface area contributed by atoms with Crippen LogP contribution in [0.1, 0.15) is 51.5 Å². The van der Waals surface area contributed by atoms with Crippen LogP contribution < -0.4 is 4.74 Å². The predicted molar refractivity (Wildman–Crippen MR) is 101 cm³/mol. The highest BCUT2D eigenvalue weighted by molar-refractivity contribution is 6.32. The van der Waals surface area contributed by atoms with Gasteiger partial charge in [-0.1, -0.05) is 55.6 Å². The second-order valence-corrected chi connectivity index (χ2v) is 6.55. The van der Waals surface area contributed by atoms with Gasteiger partial charge in [0.05, 0.1) is 11.6 Å². The molecule has 0 aliphatic heterocycles. The van der Waals surface area contributed by atoms with E-state index in [1.54, 1.807) is 0 Å². The molecular formula is C20H24Cl2O. The van der Waals surface area contributed by atoms with Gasteiger partial charge in [-0.3, -0.25) is 0 Å². The number of hydrogen-bond acceptors (Lipinski definition) is 1.